The highest BCUT2D eigenvalue weighted by molar-refractivity contribution is 6.06. The standard InChI is InChI=1S/C24H31N5O3/c1-24(2)13-21(27-29(22(24)30)11-4-12-32-3)17-5-7-20(8-6-17)26-23(31)28-15-18-9-10-25-14-19(18)16-28/h5-10,14,23,26,31H,4,11-13,15-16H2,1-3H3. The van der Waals surface area contributed by atoms with Gasteiger partial charge >= 0.3 is 0 Å². The molecule has 1 unspecified atom stereocenters. The number of carbonyl (C=O) groups excluding carboxylic acids is 1. The highest BCUT2D eigenvalue weighted by Crippen LogP contribution is 2.31. The van der Waals surface area contributed by atoms with Crippen LogP contribution < -0.4 is 5.32 Å². The lowest BCUT2D eigenvalue weighted by molar-refractivity contribution is -0.141. The van der Waals surface area contributed by atoms with Gasteiger partial charge in [0.05, 0.1) is 11.1 Å². The highest BCUT2D eigenvalue weighted by atomic mass is 16.5. The number of hydrogen-bond donors (Lipinski definition) is 2. The fourth-order valence-electron chi connectivity index (χ4n) is 4.16. The molecule has 8 heteroatoms. The van der Waals surface area contributed by atoms with Crippen molar-refractivity contribution in [3.05, 3.63) is 59.4 Å². The summed E-state index contributed by atoms with van der Waals surface area (Å²) in [6, 6.07) is 9.83. The summed E-state index contributed by atoms with van der Waals surface area (Å²) in [6.07, 6.45) is 4.16. The Balaban J connectivity index is 1.42. The van der Waals surface area contributed by atoms with Crippen molar-refractivity contribution in [2.45, 2.75) is 46.1 Å². The number of hydrazone groups is 1. The van der Waals surface area contributed by atoms with Crippen LogP contribution in [0.25, 0.3) is 0 Å². The maximum Gasteiger partial charge on any atom is 0.248 e. The van der Waals surface area contributed by atoms with Gasteiger partial charge in [0.1, 0.15) is 0 Å². The number of aromatic nitrogens is 1. The van der Waals surface area contributed by atoms with Crippen molar-refractivity contribution in [1.82, 2.24) is 14.9 Å². The summed E-state index contributed by atoms with van der Waals surface area (Å²) in [5.74, 6) is 0.0422. The fraction of sp³-hybridized carbons (Fsp3) is 0.458. The molecule has 1 atom stereocenters. The molecule has 170 valence electrons. The maximum atomic E-state index is 12.7. The topological polar surface area (TPSA) is 90.3 Å². The van der Waals surface area contributed by atoms with Crippen LogP contribution in [0.2, 0.25) is 0 Å². The number of pyridine rings is 1. The van der Waals surface area contributed by atoms with Crippen LogP contribution in [0.4, 0.5) is 5.69 Å². The van der Waals surface area contributed by atoms with Gasteiger partial charge < -0.3 is 15.2 Å². The van der Waals surface area contributed by atoms with Crippen LogP contribution in [-0.2, 0) is 22.6 Å². The first-order valence-corrected chi connectivity index (χ1v) is 11.0. The average Bonchev–Trinajstić information content (AvgIpc) is 3.22. The number of rotatable bonds is 8. The lowest BCUT2D eigenvalue weighted by atomic mass is 9.82. The number of anilines is 1. The van der Waals surface area contributed by atoms with Crippen molar-refractivity contribution >= 4 is 17.3 Å². The normalized spacial score (nSPS) is 18.9. The molecule has 1 amide bonds. The van der Waals surface area contributed by atoms with Crippen LogP contribution in [0.3, 0.4) is 0 Å². The zero-order valence-corrected chi connectivity index (χ0v) is 18.9. The van der Waals surface area contributed by atoms with Crippen LogP contribution in [-0.4, -0.2) is 58.2 Å². The molecule has 0 radical (unpaired) electrons. The van der Waals surface area contributed by atoms with Crippen LogP contribution in [0.15, 0.2) is 47.8 Å². The average molecular weight is 438 g/mol. The third kappa shape index (κ3) is 4.82. The van der Waals surface area contributed by atoms with E-state index in [2.05, 4.69) is 15.4 Å². The van der Waals surface area contributed by atoms with Gasteiger partial charge in [0.2, 0.25) is 5.91 Å². The summed E-state index contributed by atoms with van der Waals surface area (Å²) in [5.41, 5.74) is 4.52. The summed E-state index contributed by atoms with van der Waals surface area (Å²) in [4.78, 5) is 18.8. The van der Waals surface area contributed by atoms with E-state index in [0.29, 0.717) is 32.7 Å². The van der Waals surface area contributed by atoms with Crippen molar-refractivity contribution in [2.75, 3.05) is 25.6 Å². The second kappa shape index (κ2) is 9.36. The van der Waals surface area contributed by atoms with Crippen LogP contribution in [0.1, 0.15) is 43.4 Å². The SMILES string of the molecule is COCCCN1N=C(c2ccc(NC(O)N3Cc4ccncc4C3)cc2)CC(C)(C)C1=O. The van der Waals surface area contributed by atoms with E-state index in [-0.39, 0.29) is 5.91 Å². The Kier molecular flexibility index (Phi) is 6.55. The highest BCUT2D eigenvalue weighted by Gasteiger charge is 2.37. The first kappa shape index (κ1) is 22.4. The summed E-state index contributed by atoms with van der Waals surface area (Å²) >= 11 is 0. The molecule has 0 saturated heterocycles. The molecule has 8 nitrogen and oxygen atoms in total. The fourth-order valence-corrected chi connectivity index (χ4v) is 4.16. The minimum atomic E-state index is -0.798. The number of nitrogens with one attached hydrogen (secondary N) is 1. The number of nitrogens with zero attached hydrogens (tertiary/aromatic N) is 4. The number of hydrogen-bond acceptors (Lipinski definition) is 7. The van der Waals surface area contributed by atoms with Gasteiger partial charge in [0.25, 0.3) is 0 Å². The van der Waals surface area contributed by atoms with E-state index >= 15 is 0 Å². The maximum absolute atomic E-state index is 12.7. The van der Waals surface area contributed by atoms with Gasteiger partial charge in [-0.15, -0.1) is 0 Å². The molecule has 0 aliphatic carbocycles. The molecular weight excluding hydrogens is 406 g/mol. The molecule has 32 heavy (non-hydrogen) atoms. The number of amides is 1. The van der Waals surface area contributed by atoms with Gasteiger partial charge in [-0.1, -0.05) is 26.0 Å². The van der Waals surface area contributed by atoms with Crippen LogP contribution in [0.5, 0.6) is 0 Å². The molecule has 1 aromatic carbocycles. The third-order valence-corrected chi connectivity index (χ3v) is 5.99. The van der Waals surface area contributed by atoms with Gasteiger partial charge in [-0.05, 0) is 41.3 Å². The quantitative estimate of drug-likeness (QED) is 0.488. The minimum Gasteiger partial charge on any atom is -0.385 e. The summed E-state index contributed by atoms with van der Waals surface area (Å²) < 4.78 is 5.11. The van der Waals surface area contributed by atoms with E-state index in [9.17, 15) is 9.90 Å². The van der Waals surface area contributed by atoms with Crippen LogP contribution in [0, 0.1) is 5.41 Å². The van der Waals surface area contributed by atoms with Crippen molar-refractivity contribution in [3.8, 4) is 0 Å². The predicted molar refractivity (Wildman–Crippen MR) is 123 cm³/mol. The Labute approximate surface area is 188 Å². The predicted octanol–water partition coefficient (Wildman–Crippen LogP) is 2.78. The molecule has 0 saturated carbocycles. The van der Waals surface area contributed by atoms with Gasteiger partial charge in [-0.3, -0.25) is 14.7 Å². The number of methoxy groups -OCH3 is 1. The van der Waals surface area contributed by atoms with E-state index < -0.39 is 11.8 Å². The molecule has 0 spiro atoms. The lowest BCUT2D eigenvalue weighted by Gasteiger charge is -2.34. The smallest absolute Gasteiger partial charge is 0.248 e. The van der Waals surface area contributed by atoms with Gasteiger partial charge in [0, 0.05) is 57.9 Å². The molecule has 3 heterocycles. The lowest BCUT2D eigenvalue weighted by Crippen LogP contribution is -2.44. The van der Waals surface area contributed by atoms with Crippen molar-refractivity contribution < 1.29 is 14.6 Å². The number of ether oxygens (including phenoxy) is 1. The van der Waals surface area contributed by atoms with Crippen molar-refractivity contribution in [1.29, 1.82) is 0 Å². The molecule has 0 fully saturated rings. The summed E-state index contributed by atoms with van der Waals surface area (Å²) in [6.45, 7) is 6.40. The first-order valence-electron chi connectivity index (χ1n) is 11.0. The third-order valence-electron chi connectivity index (χ3n) is 5.99. The summed E-state index contributed by atoms with van der Waals surface area (Å²) in [7, 11) is 1.66. The Bertz CT molecular complexity index is 964. The summed E-state index contributed by atoms with van der Waals surface area (Å²) in [5, 5.41) is 20.0. The van der Waals surface area contributed by atoms with Crippen molar-refractivity contribution in [2.24, 2.45) is 10.5 Å². The molecule has 2 N–H and O–H groups in total. The largest absolute Gasteiger partial charge is 0.385 e. The Hall–Kier alpha value is -2.81. The van der Waals surface area contributed by atoms with E-state index in [1.165, 1.54) is 5.56 Å². The second-order valence-corrected chi connectivity index (χ2v) is 9.03. The van der Waals surface area contributed by atoms with E-state index in [1.54, 1.807) is 18.3 Å². The van der Waals surface area contributed by atoms with Gasteiger partial charge in [0.15, 0.2) is 6.35 Å². The van der Waals surface area contributed by atoms with Gasteiger partial charge in [-0.2, -0.15) is 5.10 Å². The van der Waals surface area contributed by atoms with Crippen molar-refractivity contribution in [3.63, 3.8) is 0 Å². The molecular formula is C24H31N5O3. The number of benzene rings is 1. The number of aliphatic hydroxyl groups is 1. The molecule has 4 rings (SSSR count). The Morgan fingerprint density at radius 2 is 1.94 bits per heavy atom. The molecule has 2 aliphatic heterocycles. The zero-order chi connectivity index (χ0) is 22.7. The van der Waals surface area contributed by atoms with Gasteiger partial charge in [-0.25, -0.2) is 5.01 Å². The monoisotopic (exact) mass is 437 g/mol. The first-order chi connectivity index (χ1) is 15.4. The zero-order valence-electron chi connectivity index (χ0n) is 18.9. The number of aliphatic hydroxyl groups excluding tert-OH is 1. The molecule has 1 aromatic heterocycles. The minimum absolute atomic E-state index is 0.0422. The molecule has 2 aliphatic rings. The van der Waals surface area contributed by atoms with E-state index in [4.69, 9.17) is 4.74 Å². The second-order valence-electron chi connectivity index (χ2n) is 9.03. The molecule has 0 bridgehead atoms. The van der Waals surface area contributed by atoms with E-state index in [1.807, 2.05) is 55.3 Å². The molecule has 2 aromatic rings. The Morgan fingerprint density at radius 1 is 1.19 bits per heavy atom. The number of carbonyl (C=O) groups is 1. The van der Waals surface area contributed by atoms with Crippen LogP contribution >= 0.6 is 0 Å². The number of fused-ring (bicyclic) bond motifs is 1. The Morgan fingerprint density at radius 3 is 2.66 bits per heavy atom. The van der Waals surface area contributed by atoms with E-state index in [0.717, 1.165) is 28.9 Å².